The Morgan fingerprint density at radius 3 is 2.93 bits per heavy atom. The summed E-state index contributed by atoms with van der Waals surface area (Å²) in [4.78, 5) is 9.12. The number of rotatable bonds is 10. The molecule has 1 unspecified atom stereocenters. The second-order valence-electron chi connectivity index (χ2n) is 7.26. The number of allylic oxidation sites excluding steroid dienone is 1. The van der Waals surface area contributed by atoms with Gasteiger partial charge < -0.3 is 19.9 Å². The Hall–Kier alpha value is -2.17. The van der Waals surface area contributed by atoms with Gasteiger partial charge in [0.2, 0.25) is 0 Å². The molecule has 0 radical (unpaired) electrons. The molecule has 1 aromatic carbocycles. The van der Waals surface area contributed by atoms with E-state index in [-0.39, 0.29) is 0 Å². The smallest absolute Gasteiger partial charge is 0.193 e. The van der Waals surface area contributed by atoms with Gasteiger partial charge in [-0.3, -0.25) is 4.99 Å². The predicted molar refractivity (Wildman–Crippen MR) is 116 cm³/mol. The van der Waals surface area contributed by atoms with Crippen LogP contribution in [-0.2, 0) is 0 Å². The van der Waals surface area contributed by atoms with E-state index in [4.69, 9.17) is 4.74 Å². The first-order valence-electron chi connectivity index (χ1n) is 10.1. The molecule has 1 aromatic rings. The average molecular weight is 373 g/mol. The standard InChI is InChI=1S/C22H36N4O/c1-5-6-7-8-11-15-25(3)22(23-2)24-17-19-14-16-26(18-19)20-12-9-10-13-21(20)27-4/h5,9-10,12-13,19H,1,6-8,11,14-18H2,2-4H3,(H,23,24). The zero-order valence-electron chi connectivity index (χ0n) is 17.3. The number of benzene rings is 1. The Labute approximate surface area is 165 Å². The van der Waals surface area contributed by atoms with Crippen LogP contribution in [0.3, 0.4) is 0 Å². The minimum absolute atomic E-state index is 0.618. The molecule has 1 heterocycles. The molecule has 0 amide bonds. The molecule has 150 valence electrons. The number of nitrogens with one attached hydrogen (secondary N) is 1. The molecule has 1 N–H and O–H groups in total. The van der Waals surface area contributed by atoms with Crippen molar-refractivity contribution in [3.63, 3.8) is 0 Å². The molecule has 1 aliphatic heterocycles. The van der Waals surface area contributed by atoms with E-state index in [9.17, 15) is 0 Å². The maximum atomic E-state index is 5.51. The molecule has 5 heteroatoms. The van der Waals surface area contributed by atoms with E-state index in [2.05, 4.69) is 45.9 Å². The topological polar surface area (TPSA) is 40.1 Å². The van der Waals surface area contributed by atoms with Gasteiger partial charge in [-0.2, -0.15) is 0 Å². The Bertz CT molecular complexity index is 602. The quantitative estimate of drug-likeness (QED) is 0.294. The summed E-state index contributed by atoms with van der Waals surface area (Å²) in [5.74, 6) is 2.57. The summed E-state index contributed by atoms with van der Waals surface area (Å²) in [6, 6.07) is 8.28. The van der Waals surface area contributed by atoms with Crippen molar-refractivity contribution in [2.75, 3.05) is 52.3 Å². The van der Waals surface area contributed by atoms with Crippen LogP contribution in [0.25, 0.3) is 0 Å². The summed E-state index contributed by atoms with van der Waals surface area (Å²) in [6.07, 6.45) is 7.96. The number of methoxy groups -OCH3 is 1. The van der Waals surface area contributed by atoms with Gasteiger partial charge in [0, 0.05) is 40.3 Å². The van der Waals surface area contributed by atoms with Crippen LogP contribution in [-0.4, -0.2) is 58.2 Å². The summed E-state index contributed by atoms with van der Waals surface area (Å²) in [5, 5.41) is 3.57. The first-order chi connectivity index (χ1) is 13.2. The van der Waals surface area contributed by atoms with Crippen molar-refractivity contribution in [3.05, 3.63) is 36.9 Å². The van der Waals surface area contributed by atoms with Crippen LogP contribution in [0.1, 0.15) is 32.1 Å². The van der Waals surface area contributed by atoms with E-state index in [1.165, 1.54) is 31.4 Å². The average Bonchev–Trinajstić information content (AvgIpc) is 3.17. The van der Waals surface area contributed by atoms with Crippen molar-refractivity contribution < 1.29 is 4.74 Å². The van der Waals surface area contributed by atoms with Gasteiger partial charge in [-0.1, -0.05) is 24.6 Å². The first-order valence-corrected chi connectivity index (χ1v) is 10.1. The van der Waals surface area contributed by atoms with Gasteiger partial charge in [-0.05, 0) is 43.7 Å². The number of guanidine groups is 1. The van der Waals surface area contributed by atoms with E-state index >= 15 is 0 Å². The van der Waals surface area contributed by atoms with Crippen LogP contribution in [0.5, 0.6) is 5.75 Å². The van der Waals surface area contributed by atoms with E-state index in [0.717, 1.165) is 44.3 Å². The number of unbranched alkanes of at least 4 members (excludes halogenated alkanes) is 3. The fraction of sp³-hybridized carbons (Fsp3) is 0.591. The molecular formula is C22H36N4O. The zero-order chi connectivity index (χ0) is 19.5. The van der Waals surface area contributed by atoms with Crippen LogP contribution in [0.4, 0.5) is 5.69 Å². The van der Waals surface area contributed by atoms with Crippen molar-refractivity contribution in [1.29, 1.82) is 0 Å². The van der Waals surface area contributed by atoms with Crippen LogP contribution in [0.15, 0.2) is 41.9 Å². The highest BCUT2D eigenvalue weighted by Gasteiger charge is 2.24. The van der Waals surface area contributed by atoms with Crippen LogP contribution < -0.4 is 15.0 Å². The molecule has 27 heavy (non-hydrogen) atoms. The molecule has 1 atom stereocenters. The SMILES string of the molecule is C=CCCCCCN(C)C(=NC)NCC1CCN(c2ccccc2OC)C1. The number of nitrogens with zero attached hydrogens (tertiary/aromatic N) is 3. The predicted octanol–water partition coefficient (Wildman–Crippen LogP) is 3.78. The number of anilines is 1. The molecule has 5 nitrogen and oxygen atoms in total. The van der Waals surface area contributed by atoms with E-state index in [0.29, 0.717) is 5.92 Å². The number of ether oxygens (including phenoxy) is 1. The van der Waals surface area contributed by atoms with Gasteiger partial charge in [-0.15, -0.1) is 6.58 Å². The molecule has 1 saturated heterocycles. The van der Waals surface area contributed by atoms with Crippen molar-refractivity contribution in [2.24, 2.45) is 10.9 Å². The molecule has 0 bridgehead atoms. The summed E-state index contributed by atoms with van der Waals surface area (Å²) in [5.41, 5.74) is 1.20. The Balaban J connectivity index is 1.76. The third-order valence-corrected chi connectivity index (χ3v) is 5.24. The lowest BCUT2D eigenvalue weighted by atomic mass is 10.1. The second kappa shape index (κ2) is 11.5. The van der Waals surface area contributed by atoms with E-state index in [1.807, 2.05) is 25.3 Å². The van der Waals surface area contributed by atoms with Crippen LogP contribution in [0, 0.1) is 5.92 Å². The van der Waals surface area contributed by atoms with Crippen molar-refractivity contribution >= 4 is 11.6 Å². The van der Waals surface area contributed by atoms with Crippen molar-refractivity contribution in [2.45, 2.75) is 32.1 Å². The number of aliphatic imine (C=N–C) groups is 1. The van der Waals surface area contributed by atoms with Crippen LogP contribution in [0.2, 0.25) is 0 Å². The number of hydrogen-bond donors (Lipinski definition) is 1. The van der Waals surface area contributed by atoms with Crippen molar-refractivity contribution in [1.82, 2.24) is 10.2 Å². The fourth-order valence-electron chi connectivity index (χ4n) is 3.65. The lowest BCUT2D eigenvalue weighted by Crippen LogP contribution is -2.41. The molecule has 0 saturated carbocycles. The molecular weight excluding hydrogens is 336 g/mol. The Kier molecular flexibility index (Phi) is 9.02. The highest BCUT2D eigenvalue weighted by atomic mass is 16.5. The van der Waals surface area contributed by atoms with E-state index in [1.54, 1.807) is 7.11 Å². The third kappa shape index (κ3) is 6.49. The lowest BCUT2D eigenvalue weighted by molar-refractivity contribution is 0.414. The lowest BCUT2D eigenvalue weighted by Gasteiger charge is -2.24. The summed E-state index contributed by atoms with van der Waals surface area (Å²) < 4.78 is 5.51. The highest BCUT2D eigenvalue weighted by molar-refractivity contribution is 5.79. The molecule has 2 rings (SSSR count). The molecule has 0 spiro atoms. The largest absolute Gasteiger partial charge is 0.495 e. The van der Waals surface area contributed by atoms with Gasteiger partial charge in [0.25, 0.3) is 0 Å². The summed E-state index contributed by atoms with van der Waals surface area (Å²) in [7, 11) is 5.73. The van der Waals surface area contributed by atoms with Gasteiger partial charge in [0.1, 0.15) is 5.75 Å². The second-order valence-corrected chi connectivity index (χ2v) is 7.26. The monoisotopic (exact) mass is 372 g/mol. The van der Waals surface area contributed by atoms with Gasteiger partial charge in [-0.25, -0.2) is 0 Å². The summed E-state index contributed by atoms with van der Waals surface area (Å²) >= 11 is 0. The van der Waals surface area contributed by atoms with E-state index < -0.39 is 0 Å². The molecule has 0 aromatic heterocycles. The van der Waals surface area contributed by atoms with Crippen molar-refractivity contribution in [3.8, 4) is 5.75 Å². The number of para-hydroxylation sites is 2. The molecule has 1 fully saturated rings. The Morgan fingerprint density at radius 1 is 1.37 bits per heavy atom. The zero-order valence-corrected chi connectivity index (χ0v) is 17.3. The highest BCUT2D eigenvalue weighted by Crippen LogP contribution is 2.31. The van der Waals surface area contributed by atoms with Gasteiger partial charge >= 0.3 is 0 Å². The molecule has 0 aliphatic carbocycles. The summed E-state index contributed by atoms with van der Waals surface area (Å²) in [6.45, 7) is 7.90. The maximum Gasteiger partial charge on any atom is 0.193 e. The normalized spacial score (nSPS) is 17.1. The maximum absolute atomic E-state index is 5.51. The minimum atomic E-state index is 0.618. The minimum Gasteiger partial charge on any atom is -0.495 e. The fourth-order valence-corrected chi connectivity index (χ4v) is 3.65. The van der Waals surface area contributed by atoms with Gasteiger partial charge in [0.15, 0.2) is 5.96 Å². The first kappa shape index (κ1) is 21.1. The third-order valence-electron chi connectivity index (χ3n) is 5.24. The van der Waals surface area contributed by atoms with Gasteiger partial charge in [0.05, 0.1) is 12.8 Å². The molecule has 1 aliphatic rings. The Morgan fingerprint density at radius 2 is 2.19 bits per heavy atom. The number of hydrogen-bond acceptors (Lipinski definition) is 3. The van der Waals surface area contributed by atoms with Crippen LogP contribution >= 0.6 is 0 Å².